The molecule has 0 radical (unpaired) electrons. The maximum absolute atomic E-state index is 12.7. The van der Waals surface area contributed by atoms with E-state index in [-0.39, 0.29) is 11.8 Å². The topological polar surface area (TPSA) is 76.6 Å². The fourth-order valence-corrected chi connectivity index (χ4v) is 4.78. The number of methoxy groups -OCH3 is 2. The summed E-state index contributed by atoms with van der Waals surface area (Å²) in [6, 6.07) is 13.6. The Morgan fingerprint density at radius 1 is 1.12 bits per heavy atom. The van der Waals surface area contributed by atoms with Crippen molar-refractivity contribution >= 4 is 39.7 Å². The van der Waals surface area contributed by atoms with Crippen molar-refractivity contribution in [1.29, 1.82) is 0 Å². The zero-order valence-electron chi connectivity index (χ0n) is 18.0. The Morgan fingerprint density at radius 2 is 1.91 bits per heavy atom. The van der Waals surface area contributed by atoms with Crippen LogP contribution in [0.2, 0.25) is 5.02 Å². The summed E-state index contributed by atoms with van der Waals surface area (Å²) in [5.41, 5.74) is 2.13. The van der Waals surface area contributed by atoms with E-state index in [2.05, 4.69) is 20.4 Å². The number of piperidine rings is 1. The highest BCUT2D eigenvalue weighted by Gasteiger charge is 2.26. The predicted molar refractivity (Wildman–Crippen MR) is 127 cm³/mol. The number of ether oxygens (including phenoxy) is 2. The lowest BCUT2D eigenvalue weighted by atomic mass is 9.95. The summed E-state index contributed by atoms with van der Waals surface area (Å²) < 4.78 is 10.6. The SMILES string of the molecule is COc1ccc(Cc2nnc(NC(=O)C3CCN(c4cccc(Cl)c4)CC3)s2)cc1OC. The number of rotatable bonds is 7. The number of aromatic nitrogens is 2. The number of nitrogens with zero attached hydrogens (tertiary/aromatic N) is 3. The Hall–Kier alpha value is -2.84. The molecule has 0 saturated carbocycles. The van der Waals surface area contributed by atoms with E-state index in [1.165, 1.54) is 11.3 Å². The van der Waals surface area contributed by atoms with Gasteiger partial charge in [0.25, 0.3) is 0 Å². The first-order valence-electron chi connectivity index (χ1n) is 10.4. The summed E-state index contributed by atoms with van der Waals surface area (Å²) in [6.45, 7) is 1.64. The van der Waals surface area contributed by atoms with Gasteiger partial charge in [-0.2, -0.15) is 0 Å². The first-order chi connectivity index (χ1) is 15.6. The van der Waals surface area contributed by atoms with E-state index < -0.39 is 0 Å². The lowest BCUT2D eigenvalue weighted by Crippen LogP contribution is -2.38. The number of amides is 1. The van der Waals surface area contributed by atoms with Crippen LogP contribution in [0.4, 0.5) is 10.8 Å². The van der Waals surface area contributed by atoms with E-state index in [1.54, 1.807) is 14.2 Å². The molecule has 1 saturated heterocycles. The minimum atomic E-state index is -0.0383. The van der Waals surface area contributed by atoms with Crippen LogP contribution in [0.1, 0.15) is 23.4 Å². The van der Waals surface area contributed by atoms with Gasteiger partial charge in [-0.3, -0.25) is 4.79 Å². The standard InChI is InChI=1S/C23H25ClN4O3S/c1-30-19-7-6-15(12-20(19)31-2)13-21-26-27-23(32-21)25-22(29)16-8-10-28(11-9-16)18-5-3-4-17(24)14-18/h3-7,12,14,16H,8-11,13H2,1-2H3,(H,25,27,29). The van der Waals surface area contributed by atoms with Crippen molar-refractivity contribution < 1.29 is 14.3 Å². The van der Waals surface area contributed by atoms with Crippen molar-refractivity contribution in [2.24, 2.45) is 5.92 Å². The second-order valence-corrected chi connectivity index (χ2v) is 9.10. The first kappa shape index (κ1) is 22.4. The normalized spacial score (nSPS) is 14.3. The van der Waals surface area contributed by atoms with Crippen LogP contribution in [0.5, 0.6) is 11.5 Å². The van der Waals surface area contributed by atoms with Crippen LogP contribution in [0.25, 0.3) is 0 Å². The van der Waals surface area contributed by atoms with Gasteiger partial charge in [0.15, 0.2) is 11.5 Å². The van der Waals surface area contributed by atoms with Gasteiger partial charge in [0, 0.05) is 36.1 Å². The lowest BCUT2D eigenvalue weighted by molar-refractivity contribution is -0.120. The van der Waals surface area contributed by atoms with E-state index in [0.29, 0.717) is 23.1 Å². The van der Waals surface area contributed by atoms with Gasteiger partial charge in [-0.1, -0.05) is 35.1 Å². The molecule has 1 aliphatic heterocycles. The van der Waals surface area contributed by atoms with Crippen LogP contribution < -0.4 is 19.7 Å². The smallest absolute Gasteiger partial charge is 0.229 e. The van der Waals surface area contributed by atoms with E-state index in [0.717, 1.165) is 47.2 Å². The summed E-state index contributed by atoms with van der Waals surface area (Å²) in [6.07, 6.45) is 2.18. The van der Waals surface area contributed by atoms with Crippen molar-refractivity contribution in [1.82, 2.24) is 10.2 Å². The van der Waals surface area contributed by atoms with E-state index in [9.17, 15) is 4.79 Å². The minimum absolute atomic E-state index is 0.00422. The lowest BCUT2D eigenvalue weighted by Gasteiger charge is -2.32. The molecule has 0 bridgehead atoms. The van der Waals surface area contributed by atoms with Gasteiger partial charge < -0.3 is 19.7 Å². The zero-order chi connectivity index (χ0) is 22.5. The van der Waals surface area contributed by atoms with Crippen LogP contribution in [-0.4, -0.2) is 43.4 Å². The molecule has 3 aromatic rings. The number of hydrogen-bond donors (Lipinski definition) is 1. The fraction of sp³-hybridized carbons (Fsp3) is 0.348. The van der Waals surface area contributed by atoms with Gasteiger partial charge >= 0.3 is 0 Å². The Kier molecular flexibility index (Phi) is 7.12. The van der Waals surface area contributed by atoms with Crippen LogP contribution in [0.15, 0.2) is 42.5 Å². The molecule has 9 heteroatoms. The van der Waals surface area contributed by atoms with E-state index in [1.807, 2.05) is 42.5 Å². The Bertz CT molecular complexity index is 1080. The van der Waals surface area contributed by atoms with E-state index >= 15 is 0 Å². The molecule has 1 aliphatic rings. The molecule has 0 atom stereocenters. The van der Waals surface area contributed by atoms with Crippen LogP contribution in [0.3, 0.4) is 0 Å². The van der Waals surface area contributed by atoms with Gasteiger partial charge in [0.05, 0.1) is 14.2 Å². The van der Waals surface area contributed by atoms with Crippen LogP contribution in [-0.2, 0) is 11.2 Å². The number of benzene rings is 2. The molecule has 2 heterocycles. The molecule has 4 rings (SSSR count). The summed E-state index contributed by atoms with van der Waals surface area (Å²) in [5, 5.41) is 13.4. The number of nitrogens with one attached hydrogen (secondary N) is 1. The highest BCUT2D eigenvalue weighted by Crippen LogP contribution is 2.30. The number of halogens is 1. The summed E-state index contributed by atoms with van der Waals surface area (Å²) >= 11 is 7.49. The largest absolute Gasteiger partial charge is 0.493 e. The number of hydrogen-bond acceptors (Lipinski definition) is 7. The third-order valence-corrected chi connectivity index (χ3v) is 6.61. The van der Waals surface area contributed by atoms with Crippen molar-refractivity contribution in [3.05, 3.63) is 58.1 Å². The van der Waals surface area contributed by atoms with Crippen molar-refractivity contribution in [2.45, 2.75) is 19.3 Å². The van der Waals surface area contributed by atoms with Crippen molar-refractivity contribution in [3.8, 4) is 11.5 Å². The Morgan fingerprint density at radius 3 is 2.62 bits per heavy atom. The Balaban J connectivity index is 1.31. The van der Waals surface area contributed by atoms with Crippen molar-refractivity contribution in [2.75, 3.05) is 37.5 Å². The van der Waals surface area contributed by atoms with E-state index in [4.69, 9.17) is 21.1 Å². The molecular weight excluding hydrogens is 448 g/mol. The molecule has 2 aromatic carbocycles. The summed E-state index contributed by atoms with van der Waals surface area (Å²) in [7, 11) is 3.22. The molecule has 0 aliphatic carbocycles. The van der Waals surface area contributed by atoms with Crippen LogP contribution in [0, 0.1) is 5.92 Å². The minimum Gasteiger partial charge on any atom is -0.493 e. The van der Waals surface area contributed by atoms with Crippen LogP contribution >= 0.6 is 22.9 Å². The van der Waals surface area contributed by atoms with Gasteiger partial charge in [0.2, 0.25) is 11.0 Å². The molecule has 1 fully saturated rings. The molecule has 0 spiro atoms. The third kappa shape index (κ3) is 5.31. The molecule has 0 unspecified atom stereocenters. The van der Waals surface area contributed by atoms with Gasteiger partial charge in [-0.05, 0) is 48.7 Å². The quantitative estimate of drug-likeness (QED) is 0.539. The fourth-order valence-electron chi connectivity index (χ4n) is 3.82. The second-order valence-electron chi connectivity index (χ2n) is 7.60. The summed E-state index contributed by atoms with van der Waals surface area (Å²) in [4.78, 5) is 15.0. The highest BCUT2D eigenvalue weighted by atomic mass is 35.5. The third-order valence-electron chi connectivity index (χ3n) is 5.54. The molecule has 1 aromatic heterocycles. The zero-order valence-corrected chi connectivity index (χ0v) is 19.6. The maximum Gasteiger partial charge on any atom is 0.229 e. The molecule has 32 heavy (non-hydrogen) atoms. The molecule has 1 amide bonds. The first-order valence-corrected chi connectivity index (χ1v) is 11.6. The average Bonchev–Trinajstić information content (AvgIpc) is 3.25. The Labute approximate surface area is 196 Å². The molecule has 7 nitrogen and oxygen atoms in total. The summed E-state index contributed by atoms with van der Waals surface area (Å²) in [5.74, 6) is 1.32. The number of carbonyl (C=O) groups is 1. The van der Waals surface area contributed by atoms with Gasteiger partial charge in [-0.25, -0.2) is 0 Å². The second kappa shape index (κ2) is 10.2. The highest BCUT2D eigenvalue weighted by molar-refractivity contribution is 7.15. The number of carbonyl (C=O) groups excluding carboxylic acids is 1. The van der Waals surface area contributed by atoms with Gasteiger partial charge in [-0.15, -0.1) is 10.2 Å². The van der Waals surface area contributed by atoms with Crippen molar-refractivity contribution in [3.63, 3.8) is 0 Å². The molecule has 1 N–H and O–H groups in total. The maximum atomic E-state index is 12.7. The molecular formula is C23H25ClN4O3S. The average molecular weight is 473 g/mol. The number of anilines is 2. The monoisotopic (exact) mass is 472 g/mol. The van der Waals surface area contributed by atoms with Gasteiger partial charge in [0.1, 0.15) is 5.01 Å². The predicted octanol–water partition coefficient (Wildman–Crippen LogP) is 4.65. The molecule has 168 valence electrons.